The number of nitrogens with zero attached hydrogens (tertiary/aromatic N) is 1. The number of fused-ring (bicyclic) bond motifs is 1. The molecule has 3 nitrogen and oxygen atoms in total. The molecule has 1 N–H and O–H groups in total. The molecule has 0 spiro atoms. The average Bonchev–Trinajstić information content (AvgIpc) is 2.47. The molecule has 0 unspecified atom stereocenters. The highest BCUT2D eigenvalue weighted by atomic mass is 19.2. The Bertz CT molecular complexity index is 871. The Morgan fingerprint density at radius 1 is 1.00 bits per heavy atom. The maximum atomic E-state index is 14.1. The molecule has 1 aromatic heterocycles. The van der Waals surface area contributed by atoms with Crippen LogP contribution < -0.4 is 5.56 Å². The van der Waals surface area contributed by atoms with E-state index >= 15 is 0 Å². The molecule has 0 saturated heterocycles. The van der Waals surface area contributed by atoms with Crippen molar-refractivity contribution in [3.05, 3.63) is 63.9 Å². The number of halogens is 2. The fourth-order valence-corrected chi connectivity index (χ4v) is 2.15. The van der Waals surface area contributed by atoms with Crippen molar-refractivity contribution in [2.24, 2.45) is 0 Å². The standard InChI is InChI=1S/C15H10F2N2O/c1-8-6-7-11(13(17)12(8)16)14-9-4-2-3-5-10(9)15(20)19-18-14/h2-7H,1H3,(H,19,20). The zero-order valence-electron chi connectivity index (χ0n) is 10.6. The molecule has 0 atom stereocenters. The molecule has 0 fully saturated rings. The Morgan fingerprint density at radius 2 is 1.70 bits per heavy atom. The second-order valence-corrected chi connectivity index (χ2v) is 4.50. The molecular weight excluding hydrogens is 262 g/mol. The predicted octanol–water partition coefficient (Wildman–Crippen LogP) is 3.18. The fourth-order valence-electron chi connectivity index (χ4n) is 2.15. The summed E-state index contributed by atoms with van der Waals surface area (Å²) in [7, 11) is 0. The van der Waals surface area contributed by atoms with Crippen LogP contribution in [-0.4, -0.2) is 10.2 Å². The molecule has 2 aromatic carbocycles. The van der Waals surface area contributed by atoms with Crippen molar-refractivity contribution >= 4 is 10.8 Å². The number of aromatic amines is 1. The van der Waals surface area contributed by atoms with E-state index < -0.39 is 11.6 Å². The summed E-state index contributed by atoms with van der Waals surface area (Å²) < 4.78 is 27.8. The van der Waals surface area contributed by atoms with Gasteiger partial charge in [-0.1, -0.05) is 24.3 Å². The van der Waals surface area contributed by atoms with Crippen LogP contribution in [0.5, 0.6) is 0 Å². The highest BCUT2D eigenvalue weighted by Crippen LogP contribution is 2.28. The summed E-state index contributed by atoms with van der Waals surface area (Å²) in [5.74, 6) is -1.87. The minimum atomic E-state index is -0.963. The van der Waals surface area contributed by atoms with Gasteiger partial charge in [0.2, 0.25) is 0 Å². The van der Waals surface area contributed by atoms with Gasteiger partial charge in [0.15, 0.2) is 11.6 Å². The predicted molar refractivity (Wildman–Crippen MR) is 72.5 cm³/mol. The Morgan fingerprint density at radius 3 is 2.45 bits per heavy atom. The number of H-pyrrole nitrogens is 1. The molecule has 0 amide bonds. The molecule has 3 rings (SSSR count). The van der Waals surface area contributed by atoms with E-state index in [1.54, 1.807) is 24.3 Å². The van der Waals surface area contributed by atoms with Gasteiger partial charge in [0.25, 0.3) is 5.56 Å². The van der Waals surface area contributed by atoms with E-state index in [2.05, 4.69) is 10.2 Å². The number of aromatic nitrogens is 2. The van der Waals surface area contributed by atoms with Crippen LogP contribution in [-0.2, 0) is 0 Å². The Balaban J connectivity index is 2.39. The van der Waals surface area contributed by atoms with Crippen molar-refractivity contribution in [1.82, 2.24) is 10.2 Å². The van der Waals surface area contributed by atoms with E-state index in [-0.39, 0.29) is 22.4 Å². The summed E-state index contributed by atoms with van der Waals surface area (Å²) in [4.78, 5) is 11.7. The van der Waals surface area contributed by atoms with Crippen molar-refractivity contribution in [1.29, 1.82) is 0 Å². The number of hydrogen-bond donors (Lipinski definition) is 1. The smallest absolute Gasteiger partial charge is 0.267 e. The summed E-state index contributed by atoms with van der Waals surface area (Å²) in [6, 6.07) is 9.63. The average molecular weight is 272 g/mol. The van der Waals surface area contributed by atoms with Gasteiger partial charge in [-0.25, -0.2) is 13.9 Å². The van der Waals surface area contributed by atoms with Gasteiger partial charge in [-0.2, -0.15) is 5.10 Å². The zero-order valence-corrected chi connectivity index (χ0v) is 10.6. The van der Waals surface area contributed by atoms with Gasteiger partial charge in [-0.3, -0.25) is 4.79 Å². The third-order valence-electron chi connectivity index (χ3n) is 3.23. The highest BCUT2D eigenvalue weighted by molar-refractivity contribution is 5.93. The largest absolute Gasteiger partial charge is 0.272 e. The van der Waals surface area contributed by atoms with Crippen LogP contribution in [0.15, 0.2) is 41.2 Å². The first-order chi connectivity index (χ1) is 9.59. The Hall–Kier alpha value is -2.56. The van der Waals surface area contributed by atoms with Crippen molar-refractivity contribution in [3.8, 4) is 11.3 Å². The molecule has 0 aliphatic heterocycles. The molecule has 1 heterocycles. The number of rotatable bonds is 1. The lowest BCUT2D eigenvalue weighted by Crippen LogP contribution is -2.10. The molecule has 0 aliphatic carbocycles. The van der Waals surface area contributed by atoms with Crippen molar-refractivity contribution in [3.63, 3.8) is 0 Å². The topological polar surface area (TPSA) is 45.8 Å². The first-order valence-electron chi connectivity index (χ1n) is 6.02. The van der Waals surface area contributed by atoms with Gasteiger partial charge in [-0.15, -0.1) is 0 Å². The molecule has 5 heteroatoms. The van der Waals surface area contributed by atoms with E-state index in [1.807, 2.05) is 0 Å². The molecule has 3 aromatic rings. The minimum absolute atomic E-state index is 0.0283. The Labute approximate surface area is 112 Å². The zero-order chi connectivity index (χ0) is 14.3. The van der Waals surface area contributed by atoms with Crippen molar-refractivity contribution < 1.29 is 8.78 Å². The van der Waals surface area contributed by atoms with Crippen LogP contribution in [0.2, 0.25) is 0 Å². The lowest BCUT2D eigenvalue weighted by molar-refractivity contribution is 0.505. The molecule has 0 radical (unpaired) electrons. The molecule has 0 aliphatic rings. The third-order valence-corrected chi connectivity index (χ3v) is 3.23. The summed E-state index contributed by atoms with van der Waals surface area (Å²) in [6.45, 7) is 1.49. The van der Waals surface area contributed by atoms with E-state index in [4.69, 9.17) is 0 Å². The molecule has 100 valence electrons. The van der Waals surface area contributed by atoms with Crippen LogP contribution in [0.3, 0.4) is 0 Å². The quantitative estimate of drug-likeness (QED) is 0.739. The first kappa shape index (κ1) is 12.5. The van der Waals surface area contributed by atoms with Gasteiger partial charge in [0.1, 0.15) is 5.69 Å². The summed E-state index contributed by atoms with van der Waals surface area (Å²) in [5, 5.41) is 7.04. The van der Waals surface area contributed by atoms with Crippen molar-refractivity contribution in [2.75, 3.05) is 0 Å². The van der Waals surface area contributed by atoms with Gasteiger partial charge in [0.05, 0.1) is 5.39 Å². The van der Waals surface area contributed by atoms with Gasteiger partial charge >= 0.3 is 0 Å². The fraction of sp³-hybridized carbons (Fsp3) is 0.0667. The molecule has 20 heavy (non-hydrogen) atoms. The van der Waals surface area contributed by atoms with Crippen LogP contribution in [0, 0.1) is 18.6 Å². The minimum Gasteiger partial charge on any atom is -0.267 e. The van der Waals surface area contributed by atoms with Crippen LogP contribution in [0.4, 0.5) is 8.78 Å². The normalized spacial score (nSPS) is 10.9. The van der Waals surface area contributed by atoms with Gasteiger partial charge in [0, 0.05) is 10.9 Å². The van der Waals surface area contributed by atoms with E-state index in [1.165, 1.54) is 19.1 Å². The Kier molecular flexibility index (Phi) is 2.82. The van der Waals surface area contributed by atoms with Crippen molar-refractivity contribution in [2.45, 2.75) is 6.92 Å². The van der Waals surface area contributed by atoms with E-state index in [0.717, 1.165) is 0 Å². The van der Waals surface area contributed by atoms with E-state index in [0.29, 0.717) is 10.8 Å². The third kappa shape index (κ3) is 1.79. The lowest BCUT2D eigenvalue weighted by Gasteiger charge is -2.07. The molecule has 0 bridgehead atoms. The lowest BCUT2D eigenvalue weighted by atomic mass is 10.0. The number of aryl methyl sites for hydroxylation is 1. The van der Waals surface area contributed by atoms with Gasteiger partial charge in [-0.05, 0) is 24.6 Å². The van der Waals surface area contributed by atoms with Crippen LogP contribution in [0.25, 0.3) is 22.0 Å². The van der Waals surface area contributed by atoms with Crippen LogP contribution >= 0.6 is 0 Å². The molecular formula is C15H10F2N2O. The number of nitrogens with one attached hydrogen (secondary N) is 1. The molecule has 0 saturated carbocycles. The van der Waals surface area contributed by atoms with Gasteiger partial charge < -0.3 is 0 Å². The SMILES string of the molecule is Cc1ccc(-c2n[nH]c(=O)c3ccccc23)c(F)c1F. The maximum Gasteiger partial charge on any atom is 0.272 e. The maximum absolute atomic E-state index is 14.1. The number of hydrogen-bond acceptors (Lipinski definition) is 2. The number of benzene rings is 2. The summed E-state index contributed by atoms with van der Waals surface area (Å²) >= 11 is 0. The van der Waals surface area contributed by atoms with E-state index in [9.17, 15) is 13.6 Å². The first-order valence-corrected chi connectivity index (χ1v) is 6.02. The monoisotopic (exact) mass is 272 g/mol. The summed E-state index contributed by atoms with van der Waals surface area (Å²) in [6.07, 6.45) is 0. The summed E-state index contributed by atoms with van der Waals surface area (Å²) in [5.41, 5.74) is 0.106. The second-order valence-electron chi connectivity index (χ2n) is 4.50. The van der Waals surface area contributed by atoms with Crippen LogP contribution in [0.1, 0.15) is 5.56 Å². The second kappa shape index (κ2) is 4.52. The highest BCUT2D eigenvalue weighted by Gasteiger charge is 2.16.